The van der Waals surface area contributed by atoms with E-state index < -0.39 is 0 Å². The van der Waals surface area contributed by atoms with E-state index in [2.05, 4.69) is 20.8 Å². The average molecular weight is 195 g/mol. The molecule has 2 nitrogen and oxygen atoms in total. The maximum absolute atomic E-state index is 11.8. The van der Waals surface area contributed by atoms with Gasteiger partial charge in [-0.15, -0.1) is 0 Å². The van der Waals surface area contributed by atoms with Gasteiger partial charge in [0.25, 0.3) is 0 Å². The molecule has 1 rings (SSSR count). The van der Waals surface area contributed by atoms with Crippen LogP contribution in [0.2, 0.25) is 0 Å². The summed E-state index contributed by atoms with van der Waals surface area (Å²) < 4.78 is 0. The summed E-state index contributed by atoms with van der Waals surface area (Å²) >= 11 is 0. The Hall–Kier alpha value is -0.790. The molecule has 0 aromatic heterocycles. The first kappa shape index (κ1) is 11.3. The number of allylic oxidation sites excluding steroid dienone is 2. The molecule has 1 aliphatic rings. The molecule has 0 fully saturated rings. The molecule has 0 unspecified atom stereocenters. The van der Waals surface area contributed by atoms with Gasteiger partial charge < -0.3 is 5.73 Å². The van der Waals surface area contributed by atoms with Crippen LogP contribution in [-0.4, -0.2) is 5.78 Å². The van der Waals surface area contributed by atoms with Crippen molar-refractivity contribution < 1.29 is 4.79 Å². The lowest BCUT2D eigenvalue weighted by Crippen LogP contribution is -2.28. The fourth-order valence-corrected chi connectivity index (χ4v) is 2.06. The Labute approximate surface area is 86.6 Å². The standard InChI is InChI=1S/C12H21NO/c1-4-5-6-9-10(13)7-12(2,3)8-11(9)14/h4-8,13H2,1-3H3. The Morgan fingerprint density at radius 2 is 2.00 bits per heavy atom. The van der Waals surface area contributed by atoms with E-state index in [1.807, 2.05) is 0 Å². The van der Waals surface area contributed by atoms with E-state index in [0.717, 1.165) is 37.0 Å². The van der Waals surface area contributed by atoms with Crippen LogP contribution in [0.5, 0.6) is 0 Å². The van der Waals surface area contributed by atoms with Gasteiger partial charge in [-0.2, -0.15) is 0 Å². The molecule has 2 N–H and O–H groups in total. The number of unbranched alkanes of at least 4 members (excludes halogenated alkanes) is 1. The monoisotopic (exact) mass is 195 g/mol. The zero-order valence-electron chi connectivity index (χ0n) is 9.52. The van der Waals surface area contributed by atoms with Crippen molar-refractivity contribution in [2.75, 3.05) is 0 Å². The van der Waals surface area contributed by atoms with E-state index in [-0.39, 0.29) is 11.2 Å². The van der Waals surface area contributed by atoms with Crippen LogP contribution in [0.3, 0.4) is 0 Å². The van der Waals surface area contributed by atoms with Crippen LogP contribution < -0.4 is 5.73 Å². The van der Waals surface area contributed by atoms with Crippen LogP contribution in [0.15, 0.2) is 11.3 Å². The van der Waals surface area contributed by atoms with E-state index in [1.165, 1.54) is 0 Å². The van der Waals surface area contributed by atoms with E-state index in [0.29, 0.717) is 6.42 Å². The third-order valence-corrected chi connectivity index (χ3v) is 2.81. The lowest BCUT2D eigenvalue weighted by Gasteiger charge is -2.30. The summed E-state index contributed by atoms with van der Waals surface area (Å²) in [5, 5.41) is 0. The van der Waals surface area contributed by atoms with Crippen LogP contribution >= 0.6 is 0 Å². The zero-order chi connectivity index (χ0) is 10.8. The third-order valence-electron chi connectivity index (χ3n) is 2.81. The molecular weight excluding hydrogens is 174 g/mol. The van der Waals surface area contributed by atoms with E-state index in [1.54, 1.807) is 0 Å². The van der Waals surface area contributed by atoms with Gasteiger partial charge in [0, 0.05) is 17.7 Å². The highest BCUT2D eigenvalue weighted by molar-refractivity contribution is 5.97. The van der Waals surface area contributed by atoms with Gasteiger partial charge >= 0.3 is 0 Å². The first-order valence-electron chi connectivity index (χ1n) is 5.47. The summed E-state index contributed by atoms with van der Waals surface area (Å²) in [6, 6.07) is 0. The van der Waals surface area contributed by atoms with Crippen LogP contribution in [0.1, 0.15) is 52.9 Å². The maximum Gasteiger partial charge on any atom is 0.161 e. The van der Waals surface area contributed by atoms with Crippen molar-refractivity contribution in [3.8, 4) is 0 Å². The highest BCUT2D eigenvalue weighted by Gasteiger charge is 2.31. The molecule has 0 amide bonds. The van der Waals surface area contributed by atoms with Gasteiger partial charge in [-0.3, -0.25) is 4.79 Å². The lowest BCUT2D eigenvalue weighted by atomic mass is 9.75. The molecular formula is C12H21NO. The summed E-state index contributed by atoms with van der Waals surface area (Å²) in [5.41, 5.74) is 7.75. The van der Waals surface area contributed by atoms with Crippen molar-refractivity contribution in [1.82, 2.24) is 0 Å². The van der Waals surface area contributed by atoms with E-state index >= 15 is 0 Å². The second-order valence-corrected chi connectivity index (χ2v) is 5.05. The Kier molecular flexibility index (Phi) is 3.35. The minimum atomic E-state index is 0.0664. The number of hydrogen-bond donors (Lipinski definition) is 1. The summed E-state index contributed by atoms with van der Waals surface area (Å²) in [6.45, 7) is 6.34. The smallest absolute Gasteiger partial charge is 0.161 e. The Morgan fingerprint density at radius 3 is 2.50 bits per heavy atom. The Bertz CT molecular complexity index is 263. The molecule has 14 heavy (non-hydrogen) atoms. The number of rotatable bonds is 3. The van der Waals surface area contributed by atoms with Crippen molar-refractivity contribution in [2.24, 2.45) is 11.1 Å². The second-order valence-electron chi connectivity index (χ2n) is 5.05. The molecule has 0 atom stereocenters. The van der Waals surface area contributed by atoms with Crippen LogP contribution in [-0.2, 0) is 4.79 Å². The van der Waals surface area contributed by atoms with Gasteiger partial charge in [-0.25, -0.2) is 0 Å². The highest BCUT2D eigenvalue weighted by Crippen LogP contribution is 2.36. The summed E-state index contributed by atoms with van der Waals surface area (Å²) in [5.74, 6) is 0.271. The van der Waals surface area contributed by atoms with Crippen molar-refractivity contribution in [2.45, 2.75) is 52.9 Å². The fraction of sp³-hybridized carbons (Fsp3) is 0.750. The normalized spacial score (nSPS) is 21.5. The number of Topliss-reactive ketones (excluding diaryl/α,β-unsaturated/α-hetero) is 1. The largest absolute Gasteiger partial charge is 0.402 e. The van der Waals surface area contributed by atoms with Crippen molar-refractivity contribution in [3.63, 3.8) is 0 Å². The van der Waals surface area contributed by atoms with Gasteiger partial charge in [-0.1, -0.05) is 27.2 Å². The quantitative estimate of drug-likeness (QED) is 0.752. The predicted molar refractivity (Wildman–Crippen MR) is 58.8 cm³/mol. The van der Waals surface area contributed by atoms with Crippen molar-refractivity contribution >= 4 is 5.78 Å². The van der Waals surface area contributed by atoms with Crippen LogP contribution in [0.25, 0.3) is 0 Å². The SMILES string of the molecule is CCCCC1=C(N)CC(C)(C)CC1=O. The molecule has 0 saturated heterocycles. The van der Waals surface area contributed by atoms with Gasteiger partial charge in [0.05, 0.1) is 0 Å². The van der Waals surface area contributed by atoms with Crippen LogP contribution in [0.4, 0.5) is 0 Å². The highest BCUT2D eigenvalue weighted by atomic mass is 16.1. The number of carbonyl (C=O) groups excluding carboxylic acids is 1. The molecule has 0 saturated carbocycles. The third kappa shape index (κ3) is 2.60. The molecule has 0 aromatic rings. The van der Waals surface area contributed by atoms with E-state index in [9.17, 15) is 4.79 Å². The molecule has 2 heteroatoms. The fourth-order valence-electron chi connectivity index (χ4n) is 2.06. The van der Waals surface area contributed by atoms with Gasteiger partial charge in [0.15, 0.2) is 5.78 Å². The van der Waals surface area contributed by atoms with Crippen molar-refractivity contribution in [3.05, 3.63) is 11.3 Å². The Morgan fingerprint density at radius 1 is 1.36 bits per heavy atom. The number of nitrogens with two attached hydrogens (primary N) is 1. The number of ketones is 1. The maximum atomic E-state index is 11.8. The van der Waals surface area contributed by atoms with Gasteiger partial charge in [0.1, 0.15) is 0 Å². The summed E-state index contributed by atoms with van der Waals surface area (Å²) in [4.78, 5) is 11.8. The lowest BCUT2D eigenvalue weighted by molar-refractivity contribution is -0.118. The zero-order valence-corrected chi connectivity index (χ0v) is 9.52. The topological polar surface area (TPSA) is 43.1 Å². The predicted octanol–water partition coefficient (Wildman–Crippen LogP) is 2.78. The minimum absolute atomic E-state index is 0.0664. The Balaban J connectivity index is 2.77. The molecule has 0 aromatic carbocycles. The van der Waals surface area contributed by atoms with Gasteiger partial charge in [0.2, 0.25) is 0 Å². The molecule has 0 radical (unpaired) electrons. The van der Waals surface area contributed by atoms with Crippen molar-refractivity contribution in [1.29, 1.82) is 0 Å². The molecule has 0 spiro atoms. The van der Waals surface area contributed by atoms with Gasteiger partial charge in [-0.05, 0) is 24.7 Å². The molecule has 0 aliphatic heterocycles. The molecule has 0 bridgehead atoms. The molecule has 1 aliphatic carbocycles. The number of carbonyl (C=O) groups is 1. The summed E-state index contributed by atoms with van der Waals surface area (Å²) in [7, 11) is 0. The van der Waals surface area contributed by atoms with Crippen LogP contribution in [0, 0.1) is 5.41 Å². The first-order chi connectivity index (χ1) is 6.46. The molecule has 80 valence electrons. The first-order valence-corrected chi connectivity index (χ1v) is 5.47. The minimum Gasteiger partial charge on any atom is -0.402 e. The second kappa shape index (κ2) is 4.16. The average Bonchev–Trinajstić information content (AvgIpc) is 2.00. The van der Waals surface area contributed by atoms with E-state index in [4.69, 9.17) is 5.73 Å². The number of hydrogen-bond acceptors (Lipinski definition) is 2. The summed E-state index contributed by atoms with van der Waals surface area (Å²) in [6.07, 6.45) is 4.59. The molecule has 0 heterocycles.